The van der Waals surface area contributed by atoms with Crippen LogP contribution < -0.4 is 10.6 Å². The van der Waals surface area contributed by atoms with Gasteiger partial charge in [-0.3, -0.25) is 4.79 Å². The van der Waals surface area contributed by atoms with Crippen molar-refractivity contribution in [3.8, 4) is 0 Å². The Labute approximate surface area is 169 Å². The van der Waals surface area contributed by atoms with E-state index < -0.39 is 5.97 Å². The highest BCUT2D eigenvalue weighted by atomic mass is 16.5. The minimum Gasteiger partial charge on any atom is -0.462 e. The number of hydrogen-bond donors (Lipinski definition) is 2. The van der Waals surface area contributed by atoms with Crippen LogP contribution in [-0.2, 0) is 4.74 Å². The molecule has 1 amide bonds. The Morgan fingerprint density at radius 1 is 1.00 bits per heavy atom. The second kappa shape index (κ2) is 8.97. The van der Waals surface area contributed by atoms with Gasteiger partial charge in [0.25, 0.3) is 5.91 Å². The molecule has 29 heavy (non-hydrogen) atoms. The number of aryl methyl sites for hydroxylation is 2. The Morgan fingerprint density at radius 2 is 1.72 bits per heavy atom. The van der Waals surface area contributed by atoms with Crippen LogP contribution in [0.25, 0.3) is 0 Å². The molecule has 0 spiro atoms. The van der Waals surface area contributed by atoms with Gasteiger partial charge in [0, 0.05) is 17.4 Å². The van der Waals surface area contributed by atoms with Crippen molar-refractivity contribution < 1.29 is 14.3 Å². The average molecular weight is 390 g/mol. The van der Waals surface area contributed by atoms with Gasteiger partial charge < -0.3 is 15.4 Å². The molecule has 0 aliphatic heterocycles. The molecule has 0 radical (unpaired) electrons. The van der Waals surface area contributed by atoms with E-state index in [1.165, 1.54) is 0 Å². The zero-order valence-electron chi connectivity index (χ0n) is 16.5. The number of aromatic nitrogens is 2. The molecule has 7 nitrogen and oxygen atoms in total. The molecule has 0 saturated carbocycles. The minimum absolute atomic E-state index is 0.239. The number of nitrogens with zero attached hydrogens (tertiary/aromatic N) is 2. The fourth-order valence-electron chi connectivity index (χ4n) is 2.70. The van der Waals surface area contributed by atoms with Crippen LogP contribution in [0.2, 0.25) is 0 Å². The lowest BCUT2D eigenvalue weighted by Crippen LogP contribution is -2.15. The topological polar surface area (TPSA) is 93.2 Å². The average Bonchev–Trinajstić information content (AvgIpc) is 2.70. The number of carbonyl (C=O) groups is 2. The monoisotopic (exact) mass is 390 g/mol. The number of para-hydroxylation sites is 1. The molecule has 0 fully saturated rings. The highest BCUT2D eigenvalue weighted by Crippen LogP contribution is 2.20. The van der Waals surface area contributed by atoms with E-state index in [0.29, 0.717) is 29.5 Å². The summed E-state index contributed by atoms with van der Waals surface area (Å²) in [6.07, 6.45) is 0. The van der Waals surface area contributed by atoms with Crippen LogP contribution in [0.4, 0.5) is 17.2 Å². The summed E-state index contributed by atoms with van der Waals surface area (Å²) in [7, 11) is 0. The normalized spacial score (nSPS) is 10.3. The predicted molar refractivity (Wildman–Crippen MR) is 112 cm³/mol. The number of hydrogen-bond acceptors (Lipinski definition) is 6. The second-order valence-corrected chi connectivity index (χ2v) is 6.38. The maximum absolute atomic E-state index is 12.6. The highest BCUT2D eigenvalue weighted by molar-refractivity contribution is 6.03. The van der Waals surface area contributed by atoms with Crippen LogP contribution in [0.3, 0.4) is 0 Å². The number of rotatable bonds is 6. The van der Waals surface area contributed by atoms with Gasteiger partial charge in [0.05, 0.1) is 12.2 Å². The number of ether oxygens (including phenoxy) is 1. The molecule has 3 rings (SSSR count). The van der Waals surface area contributed by atoms with Crippen molar-refractivity contribution in [1.29, 1.82) is 0 Å². The first-order valence-electron chi connectivity index (χ1n) is 9.23. The smallest absolute Gasteiger partial charge is 0.338 e. The van der Waals surface area contributed by atoms with Crippen molar-refractivity contribution in [2.45, 2.75) is 20.8 Å². The molecule has 2 N–H and O–H groups in total. The fraction of sp³-hybridized carbons (Fsp3) is 0.182. The lowest BCUT2D eigenvalue weighted by Gasteiger charge is -2.11. The number of anilines is 3. The number of esters is 1. The Kier molecular flexibility index (Phi) is 6.19. The molecule has 7 heteroatoms. The molecule has 1 aromatic heterocycles. The van der Waals surface area contributed by atoms with E-state index in [-0.39, 0.29) is 11.6 Å². The third-order valence-electron chi connectivity index (χ3n) is 4.13. The molecule has 2 aromatic carbocycles. The number of carbonyl (C=O) groups excluding carboxylic acids is 2. The van der Waals surface area contributed by atoms with Crippen LogP contribution in [0.15, 0.2) is 54.6 Å². The summed E-state index contributed by atoms with van der Waals surface area (Å²) in [4.78, 5) is 32.9. The molecular weight excluding hydrogens is 368 g/mol. The molecule has 0 saturated heterocycles. The largest absolute Gasteiger partial charge is 0.462 e. The Morgan fingerprint density at radius 3 is 2.41 bits per heavy atom. The van der Waals surface area contributed by atoms with Crippen LogP contribution in [0, 0.1) is 13.8 Å². The van der Waals surface area contributed by atoms with Crippen molar-refractivity contribution >= 4 is 29.1 Å². The SMILES string of the molecule is CCOC(=O)c1ccc(NC(=O)c2cc(Nc3ccccc3C)nc(C)n2)cc1. The summed E-state index contributed by atoms with van der Waals surface area (Å²) < 4.78 is 4.95. The molecule has 0 unspecified atom stereocenters. The molecule has 0 aliphatic carbocycles. The number of nitrogens with one attached hydrogen (secondary N) is 2. The van der Waals surface area contributed by atoms with Gasteiger partial charge in [0.15, 0.2) is 0 Å². The van der Waals surface area contributed by atoms with Gasteiger partial charge in [-0.05, 0) is 56.7 Å². The maximum Gasteiger partial charge on any atom is 0.338 e. The Hall–Kier alpha value is -3.74. The van der Waals surface area contributed by atoms with Gasteiger partial charge >= 0.3 is 5.97 Å². The van der Waals surface area contributed by atoms with Gasteiger partial charge in [-0.25, -0.2) is 14.8 Å². The second-order valence-electron chi connectivity index (χ2n) is 6.38. The van der Waals surface area contributed by atoms with Crippen molar-refractivity contribution in [3.05, 3.63) is 77.2 Å². The van der Waals surface area contributed by atoms with E-state index >= 15 is 0 Å². The molecule has 0 atom stereocenters. The molecule has 0 bridgehead atoms. The zero-order chi connectivity index (χ0) is 20.8. The fourth-order valence-corrected chi connectivity index (χ4v) is 2.70. The third kappa shape index (κ3) is 5.16. The molecule has 148 valence electrons. The standard InChI is InChI=1S/C22H22N4O3/c1-4-29-22(28)16-9-11-17(12-10-16)25-21(27)19-13-20(24-15(3)23-19)26-18-8-6-5-7-14(18)2/h5-13H,4H2,1-3H3,(H,25,27)(H,23,24,26). The number of benzene rings is 2. The van der Waals surface area contributed by atoms with Crippen molar-refractivity contribution in [3.63, 3.8) is 0 Å². The van der Waals surface area contributed by atoms with Crippen LogP contribution in [-0.4, -0.2) is 28.5 Å². The summed E-state index contributed by atoms with van der Waals surface area (Å²) in [5.41, 5.74) is 3.19. The maximum atomic E-state index is 12.6. The van der Waals surface area contributed by atoms with Crippen LogP contribution >= 0.6 is 0 Å². The van der Waals surface area contributed by atoms with Gasteiger partial charge in [-0.1, -0.05) is 18.2 Å². The minimum atomic E-state index is -0.399. The predicted octanol–water partition coefficient (Wildman–Crippen LogP) is 4.27. The first kappa shape index (κ1) is 20.0. The van der Waals surface area contributed by atoms with E-state index in [1.54, 1.807) is 44.2 Å². The van der Waals surface area contributed by atoms with Crippen molar-refractivity contribution in [1.82, 2.24) is 9.97 Å². The first-order valence-corrected chi connectivity index (χ1v) is 9.23. The first-order chi connectivity index (χ1) is 14.0. The zero-order valence-corrected chi connectivity index (χ0v) is 16.5. The van der Waals surface area contributed by atoms with Crippen LogP contribution in [0.1, 0.15) is 39.2 Å². The highest BCUT2D eigenvalue weighted by Gasteiger charge is 2.12. The lowest BCUT2D eigenvalue weighted by molar-refractivity contribution is 0.0526. The third-order valence-corrected chi connectivity index (χ3v) is 4.13. The molecule has 0 aliphatic rings. The summed E-state index contributed by atoms with van der Waals surface area (Å²) in [6, 6.07) is 15.9. The van der Waals surface area contributed by atoms with Crippen LogP contribution in [0.5, 0.6) is 0 Å². The van der Waals surface area contributed by atoms with Gasteiger partial charge in [0.2, 0.25) is 0 Å². The molecular formula is C22H22N4O3. The van der Waals surface area contributed by atoms with E-state index in [9.17, 15) is 9.59 Å². The lowest BCUT2D eigenvalue weighted by atomic mass is 10.2. The van der Waals surface area contributed by atoms with E-state index in [0.717, 1.165) is 11.3 Å². The molecule has 1 heterocycles. The summed E-state index contributed by atoms with van der Waals surface area (Å²) in [6.45, 7) is 5.78. The Bertz CT molecular complexity index is 1030. The summed E-state index contributed by atoms with van der Waals surface area (Å²) in [5, 5.41) is 6.00. The summed E-state index contributed by atoms with van der Waals surface area (Å²) >= 11 is 0. The molecule has 3 aromatic rings. The van der Waals surface area contributed by atoms with Gasteiger partial charge in [-0.2, -0.15) is 0 Å². The van der Waals surface area contributed by atoms with E-state index in [2.05, 4.69) is 20.6 Å². The van der Waals surface area contributed by atoms with Gasteiger partial charge in [0.1, 0.15) is 17.3 Å². The Balaban J connectivity index is 1.75. The van der Waals surface area contributed by atoms with Crippen molar-refractivity contribution in [2.24, 2.45) is 0 Å². The van der Waals surface area contributed by atoms with Crippen molar-refractivity contribution in [2.75, 3.05) is 17.2 Å². The quantitative estimate of drug-likeness (QED) is 0.611. The van der Waals surface area contributed by atoms with E-state index in [4.69, 9.17) is 4.74 Å². The van der Waals surface area contributed by atoms with E-state index in [1.807, 2.05) is 31.2 Å². The number of amides is 1. The summed E-state index contributed by atoms with van der Waals surface area (Å²) in [5.74, 6) is 0.247. The van der Waals surface area contributed by atoms with Gasteiger partial charge in [-0.15, -0.1) is 0 Å².